The monoisotopic (exact) mass is 304 g/mol. The summed E-state index contributed by atoms with van der Waals surface area (Å²) >= 11 is 0. The van der Waals surface area contributed by atoms with E-state index in [1.54, 1.807) is 24.3 Å². The maximum Gasteiger partial charge on any atom is 0.243 e. The van der Waals surface area contributed by atoms with Gasteiger partial charge in [0.25, 0.3) is 0 Å². The first-order valence-electron chi connectivity index (χ1n) is 6.56. The van der Waals surface area contributed by atoms with E-state index in [0.29, 0.717) is 11.3 Å². The maximum absolute atomic E-state index is 13.4. The highest BCUT2D eigenvalue weighted by Crippen LogP contribution is 2.17. The zero-order valence-corrected chi connectivity index (χ0v) is 11.8. The SMILES string of the molecule is CC(=O)c1ccc(NCC(=O)Nc2c(F)cccc2F)cc1. The first-order chi connectivity index (χ1) is 10.5. The third kappa shape index (κ3) is 3.88. The number of para-hydroxylation sites is 1. The molecule has 0 bridgehead atoms. The van der Waals surface area contributed by atoms with Crippen molar-refractivity contribution in [2.45, 2.75) is 6.92 Å². The lowest BCUT2D eigenvalue weighted by atomic mass is 10.1. The Bertz CT molecular complexity index is 680. The van der Waals surface area contributed by atoms with Crippen LogP contribution in [0.4, 0.5) is 20.2 Å². The molecule has 0 spiro atoms. The van der Waals surface area contributed by atoms with Crippen molar-refractivity contribution in [1.29, 1.82) is 0 Å². The van der Waals surface area contributed by atoms with Gasteiger partial charge in [-0.1, -0.05) is 6.07 Å². The lowest BCUT2D eigenvalue weighted by Crippen LogP contribution is -2.23. The molecule has 6 heteroatoms. The van der Waals surface area contributed by atoms with Gasteiger partial charge < -0.3 is 10.6 Å². The lowest BCUT2D eigenvalue weighted by Gasteiger charge is -2.09. The van der Waals surface area contributed by atoms with E-state index in [4.69, 9.17) is 0 Å². The standard InChI is InChI=1S/C16H14F2N2O2/c1-10(21)11-5-7-12(8-6-11)19-9-15(22)20-16-13(17)3-2-4-14(16)18/h2-8,19H,9H2,1H3,(H,20,22). The average Bonchev–Trinajstić information content (AvgIpc) is 2.49. The molecular weight excluding hydrogens is 290 g/mol. The van der Waals surface area contributed by atoms with Crippen molar-refractivity contribution >= 4 is 23.1 Å². The number of carbonyl (C=O) groups excluding carboxylic acids is 2. The minimum Gasteiger partial charge on any atom is -0.376 e. The molecule has 0 heterocycles. The van der Waals surface area contributed by atoms with Gasteiger partial charge in [0, 0.05) is 11.3 Å². The van der Waals surface area contributed by atoms with Crippen LogP contribution in [0, 0.1) is 11.6 Å². The molecule has 0 unspecified atom stereocenters. The number of halogens is 2. The molecule has 2 N–H and O–H groups in total. The molecule has 114 valence electrons. The predicted molar refractivity (Wildman–Crippen MR) is 79.9 cm³/mol. The molecule has 22 heavy (non-hydrogen) atoms. The van der Waals surface area contributed by atoms with Gasteiger partial charge >= 0.3 is 0 Å². The topological polar surface area (TPSA) is 58.2 Å². The number of hydrogen-bond acceptors (Lipinski definition) is 3. The summed E-state index contributed by atoms with van der Waals surface area (Å²) in [4.78, 5) is 22.8. The largest absolute Gasteiger partial charge is 0.376 e. The molecule has 0 atom stereocenters. The van der Waals surface area contributed by atoms with Crippen LogP contribution in [-0.2, 0) is 4.79 Å². The van der Waals surface area contributed by atoms with Crippen LogP contribution in [0.3, 0.4) is 0 Å². The van der Waals surface area contributed by atoms with Gasteiger partial charge in [-0.25, -0.2) is 8.78 Å². The van der Waals surface area contributed by atoms with Gasteiger partial charge in [-0.05, 0) is 43.3 Å². The van der Waals surface area contributed by atoms with E-state index in [0.717, 1.165) is 12.1 Å². The van der Waals surface area contributed by atoms with Crippen molar-refractivity contribution in [3.05, 3.63) is 59.7 Å². The zero-order chi connectivity index (χ0) is 16.1. The fourth-order valence-electron chi connectivity index (χ4n) is 1.81. The molecule has 1 amide bonds. The Kier molecular flexibility index (Phi) is 4.83. The first-order valence-corrected chi connectivity index (χ1v) is 6.56. The maximum atomic E-state index is 13.4. The summed E-state index contributed by atoms with van der Waals surface area (Å²) in [5, 5.41) is 4.97. The third-order valence-corrected chi connectivity index (χ3v) is 2.97. The average molecular weight is 304 g/mol. The van der Waals surface area contributed by atoms with E-state index in [2.05, 4.69) is 10.6 Å². The molecule has 0 aliphatic rings. The highest BCUT2D eigenvalue weighted by molar-refractivity contribution is 5.95. The van der Waals surface area contributed by atoms with Crippen LogP contribution in [-0.4, -0.2) is 18.2 Å². The van der Waals surface area contributed by atoms with Crippen molar-refractivity contribution in [3.63, 3.8) is 0 Å². The summed E-state index contributed by atoms with van der Waals surface area (Å²) in [6, 6.07) is 9.88. The van der Waals surface area contributed by atoms with E-state index in [1.807, 2.05) is 0 Å². The summed E-state index contributed by atoms with van der Waals surface area (Å²) in [7, 11) is 0. The normalized spacial score (nSPS) is 10.1. The number of anilines is 2. The molecule has 0 radical (unpaired) electrons. The van der Waals surface area contributed by atoms with Crippen LogP contribution >= 0.6 is 0 Å². The van der Waals surface area contributed by atoms with Crippen LogP contribution in [0.15, 0.2) is 42.5 Å². The number of hydrogen-bond donors (Lipinski definition) is 2. The Labute approximate surface area is 126 Å². The zero-order valence-electron chi connectivity index (χ0n) is 11.8. The molecule has 4 nitrogen and oxygen atoms in total. The van der Waals surface area contributed by atoms with Crippen LogP contribution in [0.25, 0.3) is 0 Å². The van der Waals surface area contributed by atoms with Crippen LogP contribution < -0.4 is 10.6 Å². The molecule has 0 fully saturated rings. The van der Waals surface area contributed by atoms with E-state index in [9.17, 15) is 18.4 Å². The smallest absolute Gasteiger partial charge is 0.243 e. The quantitative estimate of drug-likeness (QED) is 0.834. The second kappa shape index (κ2) is 6.80. The molecule has 2 aromatic rings. The Morgan fingerprint density at radius 2 is 1.59 bits per heavy atom. The molecule has 0 aromatic heterocycles. The van der Waals surface area contributed by atoms with Crippen LogP contribution in [0.1, 0.15) is 17.3 Å². The predicted octanol–water partition coefficient (Wildman–Crippen LogP) is 3.22. The molecule has 0 aliphatic heterocycles. The number of ketones is 1. The Morgan fingerprint density at radius 1 is 1.00 bits per heavy atom. The summed E-state index contributed by atoms with van der Waals surface area (Å²) in [5.74, 6) is -2.31. The van der Waals surface area contributed by atoms with Crippen molar-refractivity contribution < 1.29 is 18.4 Å². The second-order valence-electron chi connectivity index (χ2n) is 4.63. The molecule has 2 rings (SSSR count). The summed E-state index contributed by atoms with van der Waals surface area (Å²) in [6.07, 6.45) is 0. The summed E-state index contributed by atoms with van der Waals surface area (Å²) in [6.45, 7) is 1.30. The van der Waals surface area contributed by atoms with Gasteiger partial charge in [-0.3, -0.25) is 9.59 Å². The number of Topliss-reactive ketones (excluding diaryl/α,β-unsaturated/α-hetero) is 1. The number of nitrogens with one attached hydrogen (secondary N) is 2. The molecule has 0 aliphatic carbocycles. The fraction of sp³-hybridized carbons (Fsp3) is 0.125. The van der Waals surface area contributed by atoms with E-state index >= 15 is 0 Å². The third-order valence-electron chi connectivity index (χ3n) is 2.97. The van der Waals surface area contributed by atoms with Gasteiger partial charge in [0.05, 0.1) is 6.54 Å². The molecule has 0 saturated heterocycles. The number of carbonyl (C=O) groups is 2. The highest BCUT2D eigenvalue weighted by atomic mass is 19.1. The van der Waals surface area contributed by atoms with Gasteiger partial charge in [0.15, 0.2) is 5.78 Å². The van der Waals surface area contributed by atoms with Gasteiger partial charge in [0.1, 0.15) is 17.3 Å². The minimum atomic E-state index is -0.834. The Morgan fingerprint density at radius 3 is 2.14 bits per heavy atom. The van der Waals surface area contributed by atoms with Gasteiger partial charge in [0.2, 0.25) is 5.91 Å². The van der Waals surface area contributed by atoms with Gasteiger partial charge in [-0.15, -0.1) is 0 Å². The number of benzene rings is 2. The fourth-order valence-corrected chi connectivity index (χ4v) is 1.81. The van der Waals surface area contributed by atoms with E-state index < -0.39 is 23.2 Å². The van der Waals surface area contributed by atoms with Gasteiger partial charge in [-0.2, -0.15) is 0 Å². The Hall–Kier alpha value is -2.76. The molecule has 2 aromatic carbocycles. The summed E-state index contributed by atoms with van der Waals surface area (Å²) in [5.41, 5.74) is 0.707. The highest BCUT2D eigenvalue weighted by Gasteiger charge is 2.11. The van der Waals surface area contributed by atoms with Crippen LogP contribution in [0.2, 0.25) is 0 Å². The first kappa shape index (κ1) is 15.6. The lowest BCUT2D eigenvalue weighted by molar-refractivity contribution is -0.114. The Balaban J connectivity index is 1.94. The second-order valence-corrected chi connectivity index (χ2v) is 4.63. The summed E-state index contributed by atoms with van der Waals surface area (Å²) < 4.78 is 26.8. The van der Waals surface area contributed by atoms with Crippen molar-refractivity contribution in [2.24, 2.45) is 0 Å². The molecule has 0 saturated carbocycles. The minimum absolute atomic E-state index is 0.0562. The van der Waals surface area contributed by atoms with Crippen molar-refractivity contribution in [1.82, 2.24) is 0 Å². The van der Waals surface area contributed by atoms with Crippen LogP contribution in [0.5, 0.6) is 0 Å². The van der Waals surface area contributed by atoms with E-state index in [-0.39, 0.29) is 12.3 Å². The number of rotatable bonds is 5. The van der Waals surface area contributed by atoms with E-state index in [1.165, 1.54) is 13.0 Å². The van der Waals surface area contributed by atoms with Crippen molar-refractivity contribution in [3.8, 4) is 0 Å². The number of amides is 1. The molecular formula is C16H14F2N2O2. The van der Waals surface area contributed by atoms with Crippen molar-refractivity contribution in [2.75, 3.05) is 17.2 Å².